The van der Waals surface area contributed by atoms with Gasteiger partial charge in [0.25, 0.3) is 0 Å². The summed E-state index contributed by atoms with van der Waals surface area (Å²) in [6.07, 6.45) is 1.83. The van der Waals surface area contributed by atoms with Crippen LogP contribution in [0.3, 0.4) is 0 Å². The molecule has 0 amide bonds. The number of benzene rings is 1. The molecule has 1 heterocycles. The fourth-order valence-electron chi connectivity index (χ4n) is 1.19. The summed E-state index contributed by atoms with van der Waals surface area (Å²) in [6, 6.07) is 10.1. The molecule has 0 fully saturated rings. The molecule has 2 nitrogen and oxygen atoms in total. The van der Waals surface area contributed by atoms with Crippen molar-refractivity contribution in [2.45, 2.75) is 0 Å². The fraction of sp³-hybridized carbons (Fsp3) is 0.100. The highest BCUT2D eigenvalue weighted by molar-refractivity contribution is 7.08. The van der Waals surface area contributed by atoms with Crippen molar-refractivity contribution in [3.8, 4) is 16.2 Å². The summed E-state index contributed by atoms with van der Waals surface area (Å²) < 4.78 is 9.28. The van der Waals surface area contributed by atoms with E-state index in [0.29, 0.717) is 0 Å². The van der Waals surface area contributed by atoms with Crippen LogP contribution in [-0.2, 0) is 0 Å². The maximum Gasteiger partial charge on any atom is 0.201 e. The minimum absolute atomic E-state index is 0.867. The van der Waals surface area contributed by atoms with Gasteiger partial charge in [-0.1, -0.05) is 30.3 Å². The van der Waals surface area contributed by atoms with Gasteiger partial charge >= 0.3 is 0 Å². The fourth-order valence-corrected chi connectivity index (χ4v) is 1.78. The third-order valence-electron chi connectivity index (χ3n) is 1.81. The van der Waals surface area contributed by atoms with Gasteiger partial charge in [-0.25, -0.2) is 0 Å². The van der Waals surface area contributed by atoms with Crippen molar-refractivity contribution >= 4 is 11.5 Å². The number of hydrogen-bond donors (Lipinski definition) is 0. The molecule has 13 heavy (non-hydrogen) atoms. The Kier molecular flexibility index (Phi) is 2.27. The Morgan fingerprint density at radius 2 is 2.00 bits per heavy atom. The van der Waals surface area contributed by atoms with Crippen LogP contribution < -0.4 is 4.74 Å². The molecule has 2 rings (SSSR count). The van der Waals surface area contributed by atoms with Gasteiger partial charge in [-0.05, 0) is 5.56 Å². The SMILES string of the molecule is COc1sncc1-c1ccccc1. The summed E-state index contributed by atoms with van der Waals surface area (Å²) in [5.74, 6) is 0. The average molecular weight is 191 g/mol. The Morgan fingerprint density at radius 1 is 1.23 bits per heavy atom. The average Bonchev–Trinajstić information content (AvgIpc) is 2.67. The van der Waals surface area contributed by atoms with Crippen molar-refractivity contribution in [2.75, 3.05) is 7.11 Å². The van der Waals surface area contributed by atoms with Crippen LogP contribution in [0.25, 0.3) is 11.1 Å². The molecule has 1 aromatic carbocycles. The van der Waals surface area contributed by atoms with Gasteiger partial charge in [-0.15, -0.1) is 0 Å². The van der Waals surface area contributed by atoms with Crippen LogP contribution in [0.1, 0.15) is 0 Å². The van der Waals surface area contributed by atoms with E-state index >= 15 is 0 Å². The zero-order valence-electron chi connectivity index (χ0n) is 7.23. The van der Waals surface area contributed by atoms with E-state index in [4.69, 9.17) is 4.74 Å². The standard InChI is InChI=1S/C10H9NOS/c1-12-10-9(7-11-13-10)8-5-3-2-4-6-8/h2-7H,1H3. The van der Waals surface area contributed by atoms with Gasteiger partial charge in [0, 0.05) is 11.5 Å². The molecule has 0 unspecified atom stereocenters. The molecule has 0 spiro atoms. The van der Waals surface area contributed by atoms with E-state index in [1.54, 1.807) is 7.11 Å². The summed E-state index contributed by atoms with van der Waals surface area (Å²) in [7, 11) is 1.67. The van der Waals surface area contributed by atoms with E-state index in [9.17, 15) is 0 Å². The highest BCUT2D eigenvalue weighted by Crippen LogP contribution is 2.32. The number of ether oxygens (including phenoxy) is 1. The second kappa shape index (κ2) is 3.58. The molecule has 0 N–H and O–H groups in total. The monoisotopic (exact) mass is 191 g/mol. The van der Waals surface area contributed by atoms with Crippen LogP contribution in [0.4, 0.5) is 0 Å². The number of hydrogen-bond acceptors (Lipinski definition) is 3. The molecule has 0 saturated heterocycles. The van der Waals surface area contributed by atoms with Crippen LogP contribution in [0.5, 0.6) is 5.06 Å². The van der Waals surface area contributed by atoms with Gasteiger partial charge in [0.15, 0.2) is 0 Å². The maximum atomic E-state index is 5.20. The predicted molar refractivity (Wildman–Crippen MR) is 54.1 cm³/mol. The van der Waals surface area contributed by atoms with Gasteiger partial charge in [0.1, 0.15) is 0 Å². The van der Waals surface area contributed by atoms with Gasteiger partial charge in [0.2, 0.25) is 5.06 Å². The molecule has 0 aliphatic carbocycles. The molecule has 0 bridgehead atoms. The first-order chi connectivity index (χ1) is 6.42. The van der Waals surface area contributed by atoms with Crippen molar-refractivity contribution in [1.29, 1.82) is 0 Å². The first-order valence-electron chi connectivity index (χ1n) is 3.96. The normalized spacial score (nSPS) is 9.92. The second-order valence-electron chi connectivity index (χ2n) is 2.60. The molecule has 3 heteroatoms. The lowest BCUT2D eigenvalue weighted by Gasteiger charge is -1.99. The summed E-state index contributed by atoms with van der Waals surface area (Å²) >= 11 is 1.37. The minimum Gasteiger partial charge on any atom is -0.486 e. The zero-order chi connectivity index (χ0) is 9.10. The second-order valence-corrected chi connectivity index (χ2v) is 3.36. The van der Waals surface area contributed by atoms with Crippen molar-refractivity contribution in [3.05, 3.63) is 36.5 Å². The third kappa shape index (κ3) is 1.55. The number of aromatic nitrogens is 1. The van der Waals surface area contributed by atoms with Gasteiger partial charge < -0.3 is 4.74 Å². The van der Waals surface area contributed by atoms with Crippen molar-refractivity contribution < 1.29 is 4.74 Å². The van der Waals surface area contributed by atoms with Gasteiger partial charge in [-0.2, -0.15) is 4.37 Å². The van der Waals surface area contributed by atoms with Gasteiger partial charge in [-0.3, -0.25) is 0 Å². The Balaban J connectivity index is 2.47. The molecule has 0 aliphatic rings. The summed E-state index contributed by atoms with van der Waals surface area (Å²) in [4.78, 5) is 0. The van der Waals surface area contributed by atoms with Gasteiger partial charge in [0.05, 0.1) is 18.9 Å². The first-order valence-corrected chi connectivity index (χ1v) is 4.73. The number of rotatable bonds is 2. The molecule has 0 aliphatic heterocycles. The Bertz CT molecular complexity index is 383. The molecule has 1 aromatic heterocycles. The first kappa shape index (κ1) is 8.26. The van der Waals surface area contributed by atoms with Crippen molar-refractivity contribution in [2.24, 2.45) is 0 Å². The molecule has 0 atom stereocenters. The summed E-state index contributed by atoms with van der Waals surface area (Å²) in [5, 5.41) is 0.867. The maximum absolute atomic E-state index is 5.20. The van der Waals surface area contributed by atoms with E-state index in [1.807, 2.05) is 36.5 Å². The molecule has 2 aromatic rings. The third-order valence-corrected chi connectivity index (χ3v) is 2.57. The quantitative estimate of drug-likeness (QED) is 0.728. The topological polar surface area (TPSA) is 22.1 Å². The van der Waals surface area contributed by atoms with Crippen molar-refractivity contribution in [1.82, 2.24) is 4.37 Å². The largest absolute Gasteiger partial charge is 0.486 e. The number of nitrogens with zero attached hydrogens (tertiary/aromatic N) is 1. The van der Waals surface area contributed by atoms with Crippen LogP contribution in [0.2, 0.25) is 0 Å². The lowest BCUT2D eigenvalue weighted by atomic mass is 10.1. The Labute approximate surface area is 81.0 Å². The zero-order valence-corrected chi connectivity index (χ0v) is 8.04. The molecule has 0 saturated carbocycles. The predicted octanol–water partition coefficient (Wildman–Crippen LogP) is 2.82. The lowest BCUT2D eigenvalue weighted by Crippen LogP contribution is -1.81. The Hall–Kier alpha value is -1.35. The highest BCUT2D eigenvalue weighted by Gasteiger charge is 2.06. The summed E-state index contributed by atoms with van der Waals surface area (Å²) in [5.41, 5.74) is 2.21. The van der Waals surface area contributed by atoms with E-state index in [-0.39, 0.29) is 0 Å². The van der Waals surface area contributed by atoms with E-state index < -0.39 is 0 Å². The molecular weight excluding hydrogens is 182 g/mol. The minimum atomic E-state index is 0.867. The van der Waals surface area contributed by atoms with Crippen molar-refractivity contribution in [3.63, 3.8) is 0 Å². The van der Waals surface area contributed by atoms with Crippen LogP contribution in [0, 0.1) is 0 Å². The smallest absolute Gasteiger partial charge is 0.201 e. The number of methoxy groups -OCH3 is 1. The highest BCUT2D eigenvalue weighted by atomic mass is 32.1. The van der Waals surface area contributed by atoms with Crippen LogP contribution in [-0.4, -0.2) is 11.5 Å². The van der Waals surface area contributed by atoms with Crippen LogP contribution >= 0.6 is 11.5 Å². The molecule has 66 valence electrons. The van der Waals surface area contributed by atoms with E-state index in [2.05, 4.69) is 4.37 Å². The molecule has 0 radical (unpaired) electrons. The lowest BCUT2D eigenvalue weighted by molar-refractivity contribution is 0.428. The van der Waals surface area contributed by atoms with E-state index in [0.717, 1.165) is 16.2 Å². The Morgan fingerprint density at radius 3 is 2.69 bits per heavy atom. The van der Waals surface area contributed by atoms with E-state index in [1.165, 1.54) is 11.5 Å². The molecular formula is C10H9NOS. The van der Waals surface area contributed by atoms with Crippen LogP contribution in [0.15, 0.2) is 36.5 Å². The summed E-state index contributed by atoms with van der Waals surface area (Å²) in [6.45, 7) is 0.